The predicted octanol–water partition coefficient (Wildman–Crippen LogP) is 0.265. The van der Waals surface area contributed by atoms with Crippen molar-refractivity contribution in [3.05, 3.63) is 17.7 Å². The van der Waals surface area contributed by atoms with Gasteiger partial charge in [0, 0.05) is 33.4 Å². The Morgan fingerprint density at radius 3 is 2.50 bits per heavy atom. The Kier molecular flexibility index (Phi) is 5.51. The zero-order valence-electron chi connectivity index (χ0n) is 11.6. The van der Waals surface area contributed by atoms with Gasteiger partial charge < -0.3 is 19.0 Å². The molecule has 0 fully saturated rings. The number of carbonyl (C=O) groups excluding carboxylic acids is 1. The number of carbonyl (C=O) groups is 1. The number of H-pyrrole nitrogens is 1. The lowest BCUT2D eigenvalue weighted by atomic mass is 10.2. The summed E-state index contributed by atoms with van der Waals surface area (Å²) in [5, 5.41) is 0. The monoisotopic (exact) mass is 271 g/mol. The Balaban J connectivity index is 2.67. The molecule has 102 valence electrons. The lowest BCUT2D eigenvalue weighted by Gasteiger charge is -2.20. The summed E-state index contributed by atoms with van der Waals surface area (Å²) in [5.74, 6) is 0.717. The number of ether oxygens (including phenoxy) is 2. The van der Waals surface area contributed by atoms with Crippen LogP contribution in [0.3, 0.4) is 0 Å². The summed E-state index contributed by atoms with van der Waals surface area (Å²) in [5.41, 5.74) is 0.444. The molecular formula is C11H21N3O3Si. The van der Waals surface area contributed by atoms with Crippen LogP contribution in [-0.4, -0.2) is 57.3 Å². The Hall–Kier alpha value is -1.18. The molecule has 1 aromatic rings. The summed E-state index contributed by atoms with van der Waals surface area (Å²) in [7, 11) is 3.94. The van der Waals surface area contributed by atoms with Crippen LogP contribution in [0, 0.1) is 0 Å². The zero-order valence-corrected chi connectivity index (χ0v) is 13.0. The fourth-order valence-corrected chi connectivity index (χ4v) is 2.56. The van der Waals surface area contributed by atoms with Gasteiger partial charge in [-0.3, -0.25) is 4.79 Å². The summed E-state index contributed by atoms with van der Waals surface area (Å²) in [6.45, 7) is 4.05. The number of nitrogens with zero attached hydrogens (tertiary/aromatic N) is 2. The SMILES string of the molecule is COC(OC)[SiH2]N(C)C(=O)c1c[nH]c(C(C)C)n1. The molecule has 0 aliphatic heterocycles. The maximum Gasteiger partial charge on any atom is 0.265 e. The van der Waals surface area contributed by atoms with Crippen molar-refractivity contribution in [1.29, 1.82) is 0 Å². The van der Waals surface area contributed by atoms with E-state index in [4.69, 9.17) is 9.47 Å². The van der Waals surface area contributed by atoms with Gasteiger partial charge in [0.05, 0.1) is 0 Å². The molecule has 0 aliphatic carbocycles. The van der Waals surface area contributed by atoms with Crippen LogP contribution in [-0.2, 0) is 9.47 Å². The van der Waals surface area contributed by atoms with E-state index < -0.39 is 9.68 Å². The molecule has 0 saturated heterocycles. The predicted molar refractivity (Wildman–Crippen MR) is 71.1 cm³/mol. The number of imidazole rings is 1. The molecule has 1 heterocycles. The first-order valence-electron chi connectivity index (χ1n) is 5.86. The van der Waals surface area contributed by atoms with Gasteiger partial charge in [0.2, 0.25) is 0 Å². The molecule has 1 amide bonds. The van der Waals surface area contributed by atoms with Crippen LogP contribution < -0.4 is 0 Å². The van der Waals surface area contributed by atoms with Crippen LogP contribution in [0.5, 0.6) is 0 Å². The minimum absolute atomic E-state index is 0.0936. The lowest BCUT2D eigenvalue weighted by molar-refractivity contribution is -0.0473. The number of hydrogen-bond donors (Lipinski definition) is 1. The van der Waals surface area contributed by atoms with Crippen LogP contribution >= 0.6 is 0 Å². The maximum atomic E-state index is 12.1. The van der Waals surface area contributed by atoms with Crippen molar-refractivity contribution in [2.45, 2.75) is 25.7 Å². The largest absolute Gasteiger partial charge is 0.367 e. The number of methoxy groups -OCH3 is 2. The van der Waals surface area contributed by atoms with Crippen molar-refractivity contribution in [2.75, 3.05) is 21.3 Å². The zero-order chi connectivity index (χ0) is 13.7. The van der Waals surface area contributed by atoms with Gasteiger partial charge in [0.15, 0.2) is 15.6 Å². The van der Waals surface area contributed by atoms with Gasteiger partial charge in [0.1, 0.15) is 11.5 Å². The summed E-state index contributed by atoms with van der Waals surface area (Å²) >= 11 is 0. The van der Waals surface area contributed by atoms with Gasteiger partial charge in [-0.1, -0.05) is 13.8 Å². The highest BCUT2D eigenvalue weighted by molar-refractivity contribution is 6.38. The van der Waals surface area contributed by atoms with Crippen molar-refractivity contribution >= 4 is 15.6 Å². The molecule has 1 aromatic heterocycles. The van der Waals surface area contributed by atoms with Gasteiger partial charge in [-0.15, -0.1) is 0 Å². The molecule has 0 aliphatic rings. The Bertz CT molecular complexity index is 391. The normalized spacial score (nSPS) is 11.9. The van der Waals surface area contributed by atoms with Crippen molar-refractivity contribution in [3.8, 4) is 0 Å². The fraction of sp³-hybridized carbons (Fsp3) is 0.636. The molecule has 0 saturated carbocycles. The first-order valence-corrected chi connectivity index (χ1v) is 7.30. The Labute approximate surface area is 110 Å². The second-order valence-corrected chi connectivity index (χ2v) is 6.39. The van der Waals surface area contributed by atoms with Crippen LogP contribution in [0.4, 0.5) is 0 Å². The van der Waals surface area contributed by atoms with E-state index in [1.165, 1.54) is 0 Å². The minimum atomic E-state index is -0.966. The topological polar surface area (TPSA) is 67.5 Å². The van der Waals surface area contributed by atoms with E-state index in [0.717, 1.165) is 5.82 Å². The van der Waals surface area contributed by atoms with Crippen LogP contribution in [0.2, 0.25) is 0 Å². The number of aromatic amines is 1. The third-order valence-electron chi connectivity index (χ3n) is 2.66. The van der Waals surface area contributed by atoms with E-state index in [1.54, 1.807) is 32.0 Å². The average Bonchev–Trinajstić information content (AvgIpc) is 2.84. The molecule has 18 heavy (non-hydrogen) atoms. The van der Waals surface area contributed by atoms with Crippen molar-refractivity contribution < 1.29 is 14.3 Å². The molecule has 0 atom stereocenters. The number of amides is 1. The van der Waals surface area contributed by atoms with Gasteiger partial charge in [0.25, 0.3) is 5.91 Å². The summed E-state index contributed by atoms with van der Waals surface area (Å²) in [6.07, 6.45) is 1.65. The molecule has 0 unspecified atom stereocenters. The molecule has 0 spiro atoms. The quantitative estimate of drug-likeness (QED) is 0.595. The fourth-order valence-electron chi connectivity index (χ4n) is 1.49. The van der Waals surface area contributed by atoms with Crippen molar-refractivity contribution in [3.63, 3.8) is 0 Å². The first-order chi connectivity index (χ1) is 8.49. The third kappa shape index (κ3) is 3.66. The van der Waals surface area contributed by atoms with Crippen molar-refractivity contribution in [2.24, 2.45) is 0 Å². The van der Waals surface area contributed by atoms with Gasteiger partial charge in [-0.05, 0) is 0 Å². The van der Waals surface area contributed by atoms with Crippen molar-refractivity contribution in [1.82, 2.24) is 14.5 Å². The van der Waals surface area contributed by atoms with Gasteiger partial charge in [-0.2, -0.15) is 0 Å². The number of nitrogens with one attached hydrogen (secondary N) is 1. The number of rotatable bonds is 6. The highest BCUT2D eigenvalue weighted by Gasteiger charge is 2.19. The summed E-state index contributed by atoms with van der Waals surface area (Å²) < 4.78 is 11.9. The molecule has 0 aromatic carbocycles. The van der Waals surface area contributed by atoms with E-state index in [1.807, 2.05) is 13.8 Å². The van der Waals surface area contributed by atoms with E-state index in [-0.39, 0.29) is 17.7 Å². The van der Waals surface area contributed by atoms with Crippen LogP contribution in [0.15, 0.2) is 6.20 Å². The molecule has 1 N–H and O–H groups in total. The molecule has 0 radical (unpaired) electrons. The minimum Gasteiger partial charge on any atom is -0.367 e. The smallest absolute Gasteiger partial charge is 0.265 e. The van der Waals surface area contributed by atoms with Crippen LogP contribution in [0.1, 0.15) is 36.1 Å². The van der Waals surface area contributed by atoms with E-state index in [0.29, 0.717) is 5.69 Å². The maximum absolute atomic E-state index is 12.1. The first kappa shape index (κ1) is 14.9. The summed E-state index contributed by atoms with van der Waals surface area (Å²) in [4.78, 5) is 19.4. The Morgan fingerprint density at radius 2 is 2.06 bits per heavy atom. The number of hydrogen-bond acceptors (Lipinski definition) is 4. The third-order valence-corrected chi connectivity index (χ3v) is 4.46. The van der Waals surface area contributed by atoms with Crippen LogP contribution in [0.25, 0.3) is 0 Å². The highest BCUT2D eigenvalue weighted by Crippen LogP contribution is 2.10. The molecule has 1 rings (SSSR count). The second kappa shape index (κ2) is 6.67. The highest BCUT2D eigenvalue weighted by atomic mass is 28.2. The van der Waals surface area contributed by atoms with E-state index in [2.05, 4.69) is 9.97 Å². The standard InChI is InChI=1S/C11H21N3O3Si/c1-7(2)9-12-6-8(13-9)10(15)14(3)18-11(16-4)17-5/h6-7,11H,18H2,1-5H3,(H,12,13). The number of aromatic nitrogens is 2. The van der Waals surface area contributed by atoms with E-state index in [9.17, 15) is 4.79 Å². The van der Waals surface area contributed by atoms with Gasteiger partial charge in [-0.25, -0.2) is 4.98 Å². The summed E-state index contributed by atoms with van der Waals surface area (Å²) in [6, 6.07) is 0. The molecule has 0 bridgehead atoms. The molecular weight excluding hydrogens is 250 g/mol. The van der Waals surface area contributed by atoms with E-state index >= 15 is 0 Å². The molecule has 6 nitrogen and oxygen atoms in total. The lowest BCUT2D eigenvalue weighted by Crippen LogP contribution is -2.39. The van der Waals surface area contributed by atoms with Gasteiger partial charge >= 0.3 is 0 Å². The molecule has 7 heteroatoms. The Morgan fingerprint density at radius 1 is 1.44 bits per heavy atom. The average molecular weight is 271 g/mol. The second-order valence-electron chi connectivity index (χ2n) is 4.41.